The Kier molecular flexibility index (Phi) is 5.40. The van der Waals surface area contributed by atoms with Gasteiger partial charge in [0.25, 0.3) is 5.56 Å². The molecule has 0 atom stereocenters. The van der Waals surface area contributed by atoms with Crippen molar-refractivity contribution in [3.05, 3.63) is 86.6 Å². The molecule has 1 N–H and O–H groups in total. The zero-order valence-electron chi connectivity index (χ0n) is 17.4. The highest BCUT2D eigenvalue weighted by Gasteiger charge is 2.16. The Labute approximate surface area is 177 Å². The van der Waals surface area contributed by atoms with Crippen LogP contribution in [0.3, 0.4) is 0 Å². The van der Waals surface area contributed by atoms with Gasteiger partial charge in [-0.15, -0.1) is 0 Å². The SMILES string of the molecule is Cn1c(=O)c2c(nc(N/N=C\c3ccccc3OCc3ccccc3)n2C)n(C)c1=O. The predicted molar refractivity (Wildman–Crippen MR) is 120 cm³/mol. The van der Waals surface area contributed by atoms with Gasteiger partial charge in [0.1, 0.15) is 12.4 Å². The van der Waals surface area contributed by atoms with Gasteiger partial charge in [0.15, 0.2) is 11.2 Å². The van der Waals surface area contributed by atoms with Crippen LogP contribution < -0.4 is 21.4 Å². The molecule has 0 amide bonds. The molecule has 0 saturated carbocycles. The van der Waals surface area contributed by atoms with E-state index < -0.39 is 11.2 Å². The first-order valence-electron chi connectivity index (χ1n) is 9.64. The zero-order valence-corrected chi connectivity index (χ0v) is 17.4. The Morgan fingerprint density at radius 3 is 2.45 bits per heavy atom. The van der Waals surface area contributed by atoms with Gasteiger partial charge in [-0.2, -0.15) is 10.1 Å². The van der Waals surface area contributed by atoms with Gasteiger partial charge in [0.05, 0.1) is 6.21 Å². The van der Waals surface area contributed by atoms with E-state index in [9.17, 15) is 9.59 Å². The first kappa shape index (κ1) is 20.1. The highest BCUT2D eigenvalue weighted by molar-refractivity contribution is 5.84. The number of aromatic nitrogens is 4. The lowest BCUT2D eigenvalue weighted by molar-refractivity contribution is 0.306. The number of hydrazone groups is 1. The molecule has 0 saturated heterocycles. The van der Waals surface area contributed by atoms with Gasteiger partial charge in [0, 0.05) is 26.7 Å². The van der Waals surface area contributed by atoms with Gasteiger partial charge in [-0.05, 0) is 17.7 Å². The maximum atomic E-state index is 12.5. The summed E-state index contributed by atoms with van der Waals surface area (Å²) in [4.78, 5) is 29.0. The first-order valence-corrected chi connectivity index (χ1v) is 9.64. The number of fused-ring (bicyclic) bond motifs is 1. The van der Waals surface area contributed by atoms with E-state index in [1.54, 1.807) is 24.9 Å². The van der Waals surface area contributed by atoms with Crippen LogP contribution in [0.4, 0.5) is 5.95 Å². The molecule has 2 aromatic carbocycles. The fraction of sp³-hybridized carbons (Fsp3) is 0.182. The molecule has 0 radical (unpaired) electrons. The first-order chi connectivity index (χ1) is 15.0. The number of hydrogen-bond donors (Lipinski definition) is 1. The van der Waals surface area contributed by atoms with Gasteiger partial charge in [0.2, 0.25) is 5.95 Å². The normalized spacial score (nSPS) is 11.3. The van der Waals surface area contributed by atoms with Crippen molar-refractivity contribution in [1.82, 2.24) is 18.7 Å². The molecule has 0 aliphatic rings. The highest BCUT2D eigenvalue weighted by Crippen LogP contribution is 2.18. The van der Waals surface area contributed by atoms with Crippen LogP contribution in [0.25, 0.3) is 11.2 Å². The Hall–Kier alpha value is -4.14. The van der Waals surface area contributed by atoms with Gasteiger partial charge in [-0.3, -0.25) is 13.9 Å². The molecular formula is C22H22N6O3. The summed E-state index contributed by atoms with van der Waals surface area (Å²) in [6.45, 7) is 0.446. The molecular weight excluding hydrogens is 396 g/mol. The monoisotopic (exact) mass is 418 g/mol. The lowest BCUT2D eigenvalue weighted by atomic mass is 10.2. The van der Waals surface area contributed by atoms with Crippen LogP contribution in [0.1, 0.15) is 11.1 Å². The van der Waals surface area contributed by atoms with Gasteiger partial charge < -0.3 is 9.30 Å². The lowest BCUT2D eigenvalue weighted by Crippen LogP contribution is -2.37. The molecule has 0 unspecified atom stereocenters. The fourth-order valence-corrected chi connectivity index (χ4v) is 3.23. The molecule has 2 aromatic heterocycles. The topological polar surface area (TPSA) is 95.4 Å². The number of anilines is 1. The molecule has 0 spiro atoms. The van der Waals surface area contributed by atoms with Gasteiger partial charge >= 0.3 is 5.69 Å². The van der Waals surface area contributed by atoms with Crippen molar-refractivity contribution in [3.63, 3.8) is 0 Å². The summed E-state index contributed by atoms with van der Waals surface area (Å²) in [5.41, 5.74) is 4.46. The average Bonchev–Trinajstić information content (AvgIpc) is 3.12. The van der Waals surface area contributed by atoms with Crippen LogP contribution >= 0.6 is 0 Å². The van der Waals surface area contributed by atoms with Crippen molar-refractivity contribution in [2.75, 3.05) is 5.43 Å². The number of hydrogen-bond acceptors (Lipinski definition) is 6. The summed E-state index contributed by atoms with van der Waals surface area (Å²) in [7, 11) is 4.70. The summed E-state index contributed by atoms with van der Waals surface area (Å²) < 4.78 is 9.89. The second-order valence-corrected chi connectivity index (χ2v) is 7.05. The number of nitrogens with zero attached hydrogens (tertiary/aromatic N) is 5. The number of imidazole rings is 1. The quantitative estimate of drug-likeness (QED) is 0.382. The molecule has 9 heteroatoms. The van der Waals surface area contributed by atoms with Crippen LogP contribution in [0, 0.1) is 0 Å². The summed E-state index contributed by atoms with van der Waals surface area (Å²) >= 11 is 0. The van der Waals surface area contributed by atoms with E-state index in [1.165, 1.54) is 11.6 Å². The fourth-order valence-electron chi connectivity index (χ4n) is 3.23. The molecule has 0 aliphatic heterocycles. The summed E-state index contributed by atoms with van der Waals surface area (Å²) in [6.07, 6.45) is 1.62. The van der Waals surface area contributed by atoms with Crippen molar-refractivity contribution in [1.29, 1.82) is 0 Å². The Bertz CT molecular complexity index is 1380. The zero-order chi connectivity index (χ0) is 22.0. The van der Waals surface area contributed by atoms with Crippen LogP contribution in [0.5, 0.6) is 5.75 Å². The maximum absolute atomic E-state index is 12.5. The average molecular weight is 418 g/mol. The number of para-hydroxylation sites is 1. The largest absolute Gasteiger partial charge is 0.488 e. The van der Waals surface area contributed by atoms with Crippen LogP contribution in [-0.4, -0.2) is 24.9 Å². The van der Waals surface area contributed by atoms with E-state index in [-0.39, 0.29) is 0 Å². The smallest absolute Gasteiger partial charge is 0.332 e. The minimum atomic E-state index is -0.435. The number of rotatable bonds is 6. The molecule has 9 nitrogen and oxygen atoms in total. The minimum Gasteiger partial charge on any atom is -0.488 e. The van der Waals surface area contributed by atoms with E-state index in [4.69, 9.17) is 4.74 Å². The van der Waals surface area contributed by atoms with Crippen molar-refractivity contribution in [3.8, 4) is 5.75 Å². The second kappa shape index (κ2) is 8.31. The molecule has 0 aliphatic carbocycles. The number of aryl methyl sites for hydroxylation is 2. The number of nitrogens with one attached hydrogen (secondary N) is 1. The predicted octanol–water partition coefficient (Wildman–Crippen LogP) is 2.00. The van der Waals surface area contributed by atoms with Crippen molar-refractivity contribution >= 4 is 23.3 Å². The standard InChI is InChI=1S/C22H22N6O3/c1-26-18-19(27(2)22(30)28(3)20(18)29)24-21(26)25-23-13-16-11-7-8-12-17(16)31-14-15-9-5-4-6-10-15/h4-13H,14H2,1-3H3,(H,24,25)/b23-13-. The van der Waals surface area contributed by atoms with Crippen molar-refractivity contribution < 1.29 is 4.74 Å². The molecule has 4 aromatic rings. The van der Waals surface area contributed by atoms with Crippen LogP contribution in [0.15, 0.2) is 69.3 Å². The van der Waals surface area contributed by atoms with Gasteiger partial charge in [-0.1, -0.05) is 42.5 Å². The molecule has 158 valence electrons. The van der Waals surface area contributed by atoms with E-state index in [0.29, 0.717) is 29.5 Å². The number of ether oxygens (including phenoxy) is 1. The van der Waals surface area contributed by atoms with Crippen LogP contribution in [-0.2, 0) is 27.7 Å². The van der Waals surface area contributed by atoms with Gasteiger partial charge in [-0.25, -0.2) is 10.2 Å². The molecule has 2 heterocycles. The van der Waals surface area contributed by atoms with E-state index >= 15 is 0 Å². The third-order valence-corrected chi connectivity index (χ3v) is 5.00. The Morgan fingerprint density at radius 1 is 0.968 bits per heavy atom. The van der Waals surface area contributed by atoms with E-state index in [1.807, 2.05) is 54.6 Å². The molecule has 0 fully saturated rings. The summed E-state index contributed by atoms with van der Waals surface area (Å²) in [6, 6.07) is 17.5. The molecule has 4 rings (SSSR count). The summed E-state index contributed by atoms with van der Waals surface area (Å²) in [5, 5.41) is 4.25. The lowest BCUT2D eigenvalue weighted by Gasteiger charge is -2.09. The summed E-state index contributed by atoms with van der Waals surface area (Å²) in [5.74, 6) is 1.03. The number of benzene rings is 2. The van der Waals surface area contributed by atoms with Crippen molar-refractivity contribution in [2.45, 2.75) is 6.61 Å². The molecule has 0 bridgehead atoms. The minimum absolute atomic E-state index is 0.292. The Morgan fingerprint density at radius 2 is 1.68 bits per heavy atom. The van der Waals surface area contributed by atoms with Crippen LogP contribution in [0.2, 0.25) is 0 Å². The third kappa shape index (κ3) is 3.85. The van der Waals surface area contributed by atoms with Crippen molar-refractivity contribution in [2.24, 2.45) is 26.2 Å². The van der Waals surface area contributed by atoms with E-state index in [0.717, 1.165) is 15.7 Å². The van der Waals surface area contributed by atoms with E-state index in [2.05, 4.69) is 15.5 Å². The third-order valence-electron chi connectivity index (χ3n) is 5.00. The highest BCUT2D eigenvalue weighted by atomic mass is 16.5. The Balaban J connectivity index is 1.57. The maximum Gasteiger partial charge on any atom is 0.332 e. The second-order valence-electron chi connectivity index (χ2n) is 7.05. The molecule has 31 heavy (non-hydrogen) atoms.